The summed E-state index contributed by atoms with van der Waals surface area (Å²) in [4.78, 5) is 12.5. The van der Waals surface area contributed by atoms with Crippen LogP contribution in [0.1, 0.15) is 36.3 Å². The number of rotatable bonds is 9. The molecule has 1 aromatic carbocycles. The summed E-state index contributed by atoms with van der Waals surface area (Å²) in [5.74, 6) is -0.597. The summed E-state index contributed by atoms with van der Waals surface area (Å²) in [6.07, 6.45) is 3.76. The van der Waals surface area contributed by atoms with Crippen molar-refractivity contribution in [2.45, 2.75) is 26.7 Å². The Kier molecular flexibility index (Phi) is 7.09. The van der Waals surface area contributed by atoms with E-state index in [2.05, 4.69) is 10.4 Å². The first-order valence-electron chi connectivity index (χ1n) is 8.84. The van der Waals surface area contributed by atoms with Crippen molar-refractivity contribution in [1.82, 2.24) is 19.4 Å². The van der Waals surface area contributed by atoms with Gasteiger partial charge in [0.15, 0.2) is 0 Å². The molecule has 0 radical (unpaired) electrons. The van der Waals surface area contributed by atoms with Crippen molar-refractivity contribution >= 4 is 15.9 Å². The standard InChI is InChI=1S/C18H25FN4O3S/c1-4-17-16(13-21-23(17)15-9-7-14(19)8-10-15)18(24)20-11-6-12-22(5-2)27(3,25)26/h7-10,13H,4-6,11-12H2,1-3H3,(H,20,24). The summed E-state index contributed by atoms with van der Waals surface area (Å²) in [6.45, 7) is 4.80. The van der Waals surface area contributed by atoms with Crippen LogP contribution < -0.4 is 5.32 Å². The molecule has 0 bridgehead atoms. The maximum absolute atomic E-state index is 13.1. The molecular weight excluding hydrogens is 371 g/mol. The lowest BCUT2D eigenvalue weighted by molar-refractivity contribution is 0.0952. The molecule has 148 valence electrons. The van der Waals surface area contributed by atoms with E-state index in [-0.39, 0.29) is 11.7 Å². The molecule has 0 saturated heterocycles. The quantitative estimate of drug-likeness (QED) is 0.657. The zero-order chi connectivity index (χ0) is 20.0. The Morgan fingerprint density at radius 3 is 2.48 bits per heavy atom. The van der Waals surface area contributed by atoms with Crippen LogP contribution >= 0.6 is 0 Å². The monoisotopic (exact) mass is 396 g/mol. The van der Waals surface area contributed by atoms with Crippen molar-refractivity contribution in [3.05, 3.63) is 47.5 Å². The lowest BCUT2D eigenvalue weighted by atomic mass is 10.2. The number of benzene rings is 1. The minimum absolute atomic E-state index is 0.261. The number of nitrogens with one attached hydrogen (secondary N) is 1. The molecule has 0 unspecified atom stereocenters. The molecule has 9 heteroatoms. The fraction of sp³-hybridized carbons (Fsp3) is 0.444. The molecule has 0 spiro atoms. The molecule has 0 aliphatic heterocycles. The Labute approximate surface area is 159 Å². The van der Waals surface area contributed by atoms with Gasteiger partial charge in [-0.05, 0) is 37.1 Å². The van der Waals surface area contributed by atoms with Crippen LogP contribution in [0, 0.1) is 5.82 Å². The molecule has 1 heterocycles. The molecule has 7 nitrogen and oxygen atoms in total. The van der Waals surface area contributed by atoms with E-state index in [1.807, 2.05) is 6.92 Å². The van der Waals surface area contributed by atoms with Gasteiger partial charge in [-0.25, -0.2) is 21.8 Å². The lowest BCUT2D eigenvalue weighted by Gasteiger charge is -2.17. The van der Waals surface area contributed by atoms with Crippen molar-refractivity contribution in [2.75, 3.05) is 25.9 Å². The van der Waals surface area contributed by atoms with Gasteiger partial charge in [0.25, 0.3) is 5.91 Å². The largest absolute Gasteiger partial charge is 0.352 e. The fourth-order valence-corrected chi connectivity index (χ4v) is 3.75. The van der Waals surface area contributed by atoms with Gasteiger partial charge in [0, 0.05) is 19.6 Å². The molecular formula is C18H25FN4O3S. The van der Waals surface area contributed by atoms with E-state index < -0.39 is 10.0 Å². The third-order valence-corrected chi connectivity index (χ3v) is 5.59. The average Bonchev–Trinajstić information content (AvgIpc) is 3.05. The summed E-state index contributed by atoms with van der Waals surface area (Å²) < 4.78 is 39.2. The Morgan fingerprint density at radius 1 is 1.26 bits per heavy atom. The predicted molar refractivity (Wildman–Crippen MR) is 102 cm³/mol. The minimum atomic E-state index is -3.23. The highest BCUT2D eigenvalue weighted by Crippen LogP contribution is 2.16. The molecule has 0 fully saturated rings. The number of carbonyl (C=O) groups excluding carboxylic acids is 1. The number of aromatic nitrogens is 2. The first kappa shape index (κ1) is 21.0. The molecule has 27 heavy (non-hydrogen) atoms. The van der Waals surface area contributed by atoms with Gasteiger partial charge in [0.05, 0.1) is 29.4 Å². The fourth-order valence-electron chi connectivity index (χ4n) is 2.82. The van der Waals surface area contributed by atoms with Crippen LogP contribution in [0.5, 0.6) is 0 Å². The van der Waals surface area contributed by atoms with Gasteiger partial charge in [-0.3, -0.25) is 4.79 Å². The minimum Gasteiger partial charge on any atom is -0.352 e. The molecule has 1 amide bonds. The van der Waals surface area contributed by atoms with E-state index >= 15 is 0 Å². The molecule has 1 N–H and O–H groups in total. The third kappa shape index (κ3) is 5.36. The second kappa shape index (κ2) is 9.09. The van der Waals surface area contributed by atoms with E-state index in [4.69, 9.17) is 0 Å². The summed E-state index contributed by atoms with van der Waals surface area (Å²) in [7, 11) is -3.23. The number of halogens is 1. The maximum Gasteiger partial charge on any atom is 0.254 e. The molecule has 1 aromatic heterocycles. The van der Waals surface area contributed by atoms with Gasteiger partial charge in [-0.2, -0.15) is 5.10 Å². The molecule has 2 aromatic rings. The number of hydrogen-bond acceptors (Lipinski definition) is 4. The van der Waals surface area contributed by atoms with Gasteiger partial charge in [-0.15, -0.1) is 0 Å². The number of carbonyl (C=O) groups is 1. The van der Waals surface area contributed by atoms with Crippen LogP contribution in [0.2, 0.25) is 0 Å². The number of nitrogens with zero attached hydrogens (tertiary/aromatic N) is 3. The van der Waals surface area contributed by atoms with Gasteiger partial charge in [0.1, 0.15) is 5.82 Å². The molecule has 0 aliphatic rings. The van der Waals surface area contributed by atoms with Gasteiger partial charge in [0.2, 0.25) is 10.0 Å². The number of hydrogen-bond donors (Lipinski definition) is 1. The Bertz CT molecular complexity index is 879. The van der Waals surface area contributed by atoms with Crippen molar-refractivity contribution in [3.63, 3.8) is 0 Å². The van der Waals surface area contributed by atoms with Crippen LogP contribution in [-0.2, 0) is 16.4 Å². The van der Waals surface area contributed by atoms with Gasteiger partial charge in [-0.1, -0.05) is 13.8 Å². The van der Waals surface area contributed by atoms with Gasteiger partial charge < -0.3 is 5.32 Å². The SMILES string of the molecule is CCc1c(C(=O)NCCCN(CC)S(C)(=O)=O)cnn1-c1ccc(F)cc1. The first-order valence-corrected chi connectivity index (χ1v) is 10.7. The Balaban J connectivity index is 2.02. The van der Waals surface area contributed by atoms with Crippen LogP contribution in [0.4, 0.5) is 4.39 Å². The average molecular weight is 396 g/mol. The Hall–Kier alpha value is -2.26. The summed E-state index contributed by atoms with van der Waals surface area (Å²) in [5, 5.41) is 7.06. The van der Waals surface area contributed by atoms with E-state index in [1.165, 1.54) is 28.9 Å². The third-order valence-electron chi connectivity index (χ3n) is 4.21. The van der Waals surface area contributed by atoms with Crippen LogP contribution in [0.25, 0.3) is 5.69 Å². The lowest BCUT2D eigenvalue weighted by Crippen LogP contribution is -2.33. The van der Waals surface area contributed by atoms with E-state index in [0.717, 1.165) is 5.69 Å². The number of amides is 1. The highest BCUT2D eigenvalue weighted by atomic mass is 32.2. The van der Waals surface area contributed by atoms with Crippen molar-refractivity contribution in [2.24, 2.45) is 0 Å². The molecule has 0 atom stereocenters. The second-order valence-corrected chi connectivity index (χ2v) is 8.09. The topological polar surface area (TPSA) is 84.3 Å². The maximum atomic E-state index is 13.1. The van der Waals surface area contributed by atoms with E-state index in [0.29, 0.717) is 43.7 Å². The summed E-state index contributed by atoms with van der Waals surface area (Å²) in [6, 6.07) is 5.90. The molecule has 0 aliphatic carbocycles. The van der Waals surface area contributed by atoms with Crippen LogP contribution in [0.3, 0.4) is 0 Å². The molecule has 0 saturated carbocycles. The smallest absolute Gasteiger partial charge is 0.254 e. The first-order chi connectivity index (χ1) is 12.8. The van der Waals surface area contributed by atoms with Crippen molar-refractivity contribution in [3.8, 4) is 5.69 Å². The zero-order valence-corrected chi connectivity index (χ0v) is 16.6. The van der Waals surface area contributed by atoms with Crippen LogP contribution in [-0.4, -0.2) is 54.3 Å². The molecule has 2 rings (SSSR count). The summed E-state index contributed by atoms with van der Waals surface area (Å²) >= 11 is 0. The van der Waals surface area contributed by atoms with Crippen molar-refractivity contribution < 1.29 is 17.6 Å². The normalized spacial score (nSPS) is 11.7. The van der Waals surface area contributed by atoms with Gasteiger partial charge >= 0.3 is 0 Å². The highest BCUT2D eigenvalue weighted by Gasteiger charge is 2.18. The van der Waals surface area contributed by atoms with E-state index in [9.17, 15) is 17.6 Å². The number of sulfonamides is 1. The van der Waals surface area contributed by atoms with Crippen LogP contribution in [0.15, 0.2) is 30.5 Å². The highest BCUT2D eigenvalue weighted by molar-refractivity contribution is 7.88. The second-order valence-electron chi connectivity index (χ2n) is 6.11. The van der Waals surface area contributed by atoms with Crippen molar-refractivity contribution in [1.29, 1.82) is 0 Å². The summed E-state index contributed by atoms with van der Waals surface area (Å²) in [5.41, 5.74) is 1.86. The Morgan fingerprint density at radius 2 is 1.93 bits per heavy atom. The predicted octanol–water partition coefficient (Wildman–Crippen LogP) is 1.98. The van der Waals surface area contributed by atoms with E-state index in [1.54, 1.807) is 23.7 Å². The zero-order valence-electron chi connectivity index (χ0n) is 15.8.